The first kappa shape index (κ1) is 19.7. The van der Waals surface area contributed by atoms with Crippen LogP contribution < -0.4 is 0 Å². The SMILES string of the molecule is O=C(CC[C@@H]1CC[C@H](CCC(=O)c2ccccc2)C1=O)c1ccc(Br)cc1. The topological polar surface area (TPSA) is 51.2 Å². The zero-order valence-electron chi connectivity index (χ0n) is 15.2. The average molecular weight is 427 g/mol. The molecule has 0 bridgehead atoms. The molecule has 1 aliphatic rings. The molecule has 4 heteroatoms. The van der Waals surface area contributed by atoms with E-state index in [4.69, 9.17) is 0 Å². The van der Waals surface area contributed by atoms with Crippen LogP contribution in [0.1, 0.15) is 59.2 Å². The van der Waals surface area contributed by atoms with E-state index in [0.717, 1.165) is 17.3 Å². The maximum Gasteiger partial charge on any atom is 0.162 e. The van der Waals surface area contributed by atoms with Gasteiger partial charge in [0.1, 0.15) is 5.78 Å². The van der Waals surface area contributed by atoms with E-state index in [0.29, 0.717) is 36.8 Å². The fourth-order valence-corrected chi connectivity index (χ4v) is 4.02. The lowest BCUT2D eigenvalue weighted by atomic mass is 9.92. The van der Waals surface area contributed by atoms with Gasteiger partial charge in [0, 0.05) is 40.3 Å². The molecule has 140 valence electrons. The van der Waals surface area contributed by atoms with Gasteiger partial charge in [0.05, 0.1) is 0 Å². The quantitative estimate of drug-likeness (QED) is 0.510. The summed E-state index contributed by atoms with van der Waals surface area (Å²) in [6.07, 6.45) is 3.69. The number of benzene rings is 2. The van der Waals surface area contributed by atoms with Gasteiger partial charge < -0.3 is 0 Å². The van der Waals surface area contributed by atoms with Crippen molar-refractivity contribution in [2.75, 3.05) is 0 Å². The van der Waals surface area contributed by atoms with Gasteiger partial charge in [0.25, 0.3) is 0 Å². The van der Waals surface area contributed by atoms with E-state index < -0.39 is 0 Å². The molecule has 0 unspecified atom stereocenters. The van der Waals surface area contributed by atoms with Crippen molar-refractivity contribution in [3.63, 3.8) is 0 Å². The van der Waals surface area contributed by atoms with Crippen molar-refractivity contribution >= 4 is 33.3 Å². The van der Waals surface area contributed by atoms with E-state index in [9.17, 15) is 14.4 Å². The molecular weight excluding hydrogens is 404 g/mol. The van der Waals surface area contributed by atoms with Gasteiger partial charge in [-0.2, -0.15) is 0 Å². The second kappa shape index (κ2) is 9.23. The van der Waals surface area contributed by atoms with Crippen molar-refractivity contribution in [3.05, 3.63) is 70.2 Å². The van der Waals surface area contributed by atoms with Gasteiger partial charge in [-0.15, -0.1) is 0 Å². The first-order valence-electron chi connectivity index (χ1n) is 9.45. The molecule has 0 saturated heterocycles. The Hall–Kier alpha value is -2.07. The van der Waals surface area contributed by atoms with Crippen molar-refractivity contribution in [2.24, 2.45) is 11.8 Å². The monoisotopic (exact) mass is 426 g/mol. The molecule has 1 fully saturated rings. The maximum absolute atomic E-state index is 12.6. The fourth-order valence-electron chi connectivity index (χ4n) is 3.75. The Labute approximate surface area is 168 Å². The van der Waals surface area contributed by atoms with Crippen LogP contribution in [0, 0.1) is 11.8 Å². The maximum atomic E-state index is 12.6. The van der Waals surface area contributed by atoms with Gasteiger partial charge in [-0.05, 0) is 37.8 Å². The lowest BCUT2D eigenvalue weighted by Gasteiger charge is -2.10. The van der Waals surface area contributed by atoms with Crippen LogP contribution in [0.2, 0.25) is 0 Å². The van der Waals surface area contributed by atoms with Crippen LogP contribution in [0.25, 0.3) is 0 Å². The van der Waals surface area contributed by atoms with Crippen LogP contribution >= 0.6 is 15.9 Å². The molecular formula is C23H23BrO3. The second-order valence-electron chi connectivity index (χ2n) is 7.17. The van der Waals surface area contributed by atoms with E-state index >= 15 is 0 Å². The van der Waals surface area contributed by atoms with Crippen LogP contribution in [-0.2, 0) is 4.79 Å². The molecule has 2 aromatic carbocycles. The number of halogens is 1. The summed E-state index contributed by atoms with van der Waals surface area (Å²) in [6.45, 7) is 0. The zero-order valence-corrected chi connectivity index (χ0v) is 16.8. The lowest BCUT2D eigenvalue weighted by molar-refractivity contribution is -0.124. The van der Waals surface area contributed by atoms with Crippen molar-refractivity contribution < 1.29 is 14.4 Å². The number of Topliss-reactive ketones (excluding diaryl/α,β-unsaturated/α-hetero) is 3. The Balaban J connectivity index is 1.46. The normalized spacial score (nSPS) is 19.2. The van der Waals surface area contributed by atoms with E-state index in [2.05, 4.69) is 15.9 Å². The first-order chi connectivity index (χ1) is 13.0. The Kier molecular flexibility index (Phi) is 6.73. The highest BCUT2D eigenvalue weighted by Gasteiger charge is 2.34. The molecule has 1 aliphatic carbocycles. The van der Waals surface area contributed by atoms with Gasteiger partial charge >= 0.3 is 0 Å². The molecule has 3 nitrogen and oxygen atoms in total. The molecule has 2 aromatic rings. The highest BCUT2D eigenvalue weighted by Crippen LogP contribution is 2.34. The smallest absolute Gasteiger partial charge is 0.162 e. The molecule has 0 spiro atoms. The van der Waals surface area contributed by atoms with Crippen LogP contribution in [0.15, 0.2) is 59.1 Å². The number of rotatable bonds is 8. The molecule has 27 heavy (non-hydrogen) atoms. The van der Waals surface area contributed by atoms with E-state index in [1.165, 1.54) is 0 Å². The number of carbonyl (C=O) groups is 3. The van der Waals surface area contributed by atoms with Gasteiger partial charge in [-0.1, -0.05) is 58.4 Å². The molecule has 0 N–H and O–H groups in total. The summed E-state index contributed by atoms with van der Waals surface area (Å²) >= 11 is 3.36. The zero-order chi connectivity index (χ0) is 19.2. The second-order valence-corrected chi connectivity index (χ2v) is 8.09. The Bertz CT molecular complexity index is 811. The standard InChI is InChI=1S/C23H23BrO3/c24-20-12-8-17(9-13-20)22(26)15-11-19-7-6-18(23(19)27)10-14-21(25)16-4-2-1-3-5-16/h1-5,8-9,12-13,18-19H,6-7,10-11,14-15H2/t18-,19+/m1/s1. The van der Waals surface area contributed by atoms with Gasteiger partial charge in [0.2, 0.25) is 0 Å². The molecule has 0 aliphatic heterocycles. The van der Waals surface area contributed by atoms with E-state index in [-0.39, 0.29) is 29.2 Å². The van der Waals surface area contributed by atoms with Crippen LogP contribution in [0.5, 0.6) is 0 Å². The number of ketones is 3. The van der Waals surface area contributed by atoms with Gasteiger partial charge in [0.15, 0.2) is 11.6 Å². The molecule has 2 atom stereocenters. The third-order valence-corrected chi connectivity index (χ3v) is 5.90. The molecule has 1 saturated carbocycles. The van der Waals surface area contributed by atoms with Gasteiger partial charge in [-0.25, -0.2) is 0 Å². The molecule has 3 rings (SSSR count). The summed E-state index contributed by atoms with van der Waals surface area (Å²) in [6, 6.07) is 16.5. The largest absolute Gasteiger partial charge is 0.299 e. The average Bonchev–Trinajstić information content (AvgIpc) is 3.05. The molecule has 0 heterocycles. The molecule has 0 amide bonds. The summed E-state index contributed by atoms with van der Waals surface area (Å²) in [5.41, 5.74) is 1.40. The van der Waals surface area contributed by atoms with Crippen LogP contribution in [0.3, 0.4) is 0 Å². The first-order valence-corrected chi connectivity index (χ1v) is 10.2. The van der Waals surface area contributed by atoms with Crippen LogP contribution in [-0.4, -0.2) is 17.3 Å². The Morgan fingerprint density at radius 1 is 0.778 bits per heavy atom. The summed E-state index contributed by atoms with van der Waals surface area (Å²) < 4.78 is 0.943. The minimum Gasteiger partial charge on any atom is -0.299 e. The highest BCUT2D eigenvalue weighted by atomic mass is 79.9. The lowest BCUT2D eigenvalue weighted by Crippen LogP contribution is -2.16. The predicted molar refractivity (Wildman–Crippen MR) is 109 cm³/mol. The summed E-state index contributed by atoms with van der Waals surface area (Å²) in [5, 5.41) is 0. The third-order valence-electron chi connectivity index (χ3n) is 5.37. The van der Waals surface area contributed by atoms with Crippen molar-refractivity contribution in [2.45, 2.75) is 38.5 Å². The molecule has 0 radical (unpaired) electrons. The third kappa shape index (κ3) is 5.23. The fraction of sp³-hybridized carbons (Fsp3) is 0.348. The highest BCUT2D eigenvalue weighted by molar-refractivity contribution is 9.10. The van der Waals surface area contributed by atoms with Crippen molar-refractivity contribution in [1.82, 2.24) is 0 Å². The predicted octanol–water partition coefficient (Wildman–Crippen LogP) is 5.67. The Morgan fingerprint density at radius 2 is 1.26 bits per heavy atom. The van der Waals surface area contributed by atoms with E-state index in [1.54, 1.807) is 12.1 Å². The van der Waals surface area contributed by atoms with Crippen molar-refractivity contribution in [1.29, 1.82) is 0 Å². The summed E-state index contributed by atoms with van der Waals surface area (Å²) in [5.74, 6) is 0.335. The van der Waals surface area contributed by atoms with Gasteiger partial charge in [-0.3, -0.25) is 14.4 Å². The van der Waals surface area contributed by atoms with Crippen LogP contribution in [0.4, 0.5) is 0 Å². The number of carbonyl (C=O) groups excluding carboxylic acids is 3. The summed E-state index contributed by atoms with van der Waals surface area (Å²) in [7, 11) is 0. The molecule has 0 aromatic heterocycles. The number of hydrogen-bond donors (Lipinski definition) is 0. The van der Waals surface area contributed by atoms with Crippen molar-refractivity contribution in [3.8, 4) is 0 Å². The summed E-state index contributed by atoms with van der Waals surface area (Å²) in [4.78, 5) is 37.1. The minimum atomic E-state index is -0.0405. The number of hydrogen-bond acceptors (Lipinski definition) is 3. The Morgan fingerprint density at radius 3 is 1.78 bits per heavy atom. The van der Waals surface area contributed by atoms with E-state index in [1.807, 2.05) is 42.5 Å². The minimum absolute atomic E-state index is 0.0366.